The molecule has 1 unspecified atom stereocenters. The fourth-order valence-corrected chi connectivity index (χ4v) is 2.08. The molecule has 0 spiro atoms. The van der Waals surface area contributed by atoms with Gasteiger partial charge in [0.2, 0.25) is 0 Å². The van der Waals surface area contributed by atoms with Crippen molar-refractivity contribution in [2.75, 3.05) is 32.9 Å². The number of likely N-dealkylation sites (tertiary alicyclic amines) is 1. The topological polar surface area (TPSA) is 32.7 Å². The number of hydrogen-bond donors (Lipinski definition) is 1. The Kier molecular flexibility index (Phi) is 3.19. The summed E-state index contributed by atoms with van der Waals surface area (Å²) in [6.45, 7) is 3.97. The highest BCUT2D eigenvalue weighted by atomic mass is 16.5. The Balaban J connectivity index is 1.60. The van der Waals surface area contributed by atoms with E-state index in [1.165, 1.54) is 32.4 Å². The molecule has 1 saturated heterocycles. The maximum atomic E-state index is 8.55. The molecule has 13 heavy (non-hydrogen) atoms. The summed E-state index contributed by atoms with van der Waals surface area (Å²) >= 11 is 0. The molecule has 2 rings (SSSR count). The molecule has 2 fully saturated rings. The van der Waals surface area contributed by atoms with E-state index in [1.54, 1.807) is 0 Å². The van der Waals surface area contributed by atoms with E-state index in [0.717, 1.165) is 12.6 Å². The zero-order valence-corrected chi connectivity index (χ0v) is 8.11. The number of aliphatic hydroxyl groups is 1. The molecule has 76 valence electrons. The van der Waals surface area contributed by atoms with Gasteiger partial charge in [-0.3, -0.25) is 0 Å². The smallest absolute Gasteiger partial charge is 0.0697 e. The largest absolute Gasteiger partial charge is 0.394 e. The van der Waals surface area contributed by atoms with Crippen LogP contribution in [0.1, 0.15) is 19.3 Å². The maximum absolute atomic E-state index is 8.55. The van der Waals surface area contributed by atoms with Crippen LogP contribution in [0.2, 0.25) is 0 Å². The second-order valence-corrected chi connectivity index (χ2v) is 4.18. The number of ether oxygens (including phenoxy) is 1. The molecule has 3 heteroatoms. The lowest BCUT2D eigenvalue weighted by Gasteiger charge is -2.14. The third-order valence-corrected chi connectivity index (χ3v) is 2.97. The molecule has 2 aliphatic rings. The van der Waals surface area contributed by atoms with Crippen molar-refractivity contribution < 1.29 is 9.84 Å². The van der Waals surface area contributed by atoms with Crippen LogP contribution < -0.4 is 0 Å². The van der Waals surface area contributed by atoms with E-state index in [1.807, 2.05) is 0 Å². The summed E-state index contributed by atoms with van der Waals surface area (Å²) in [5.41, 5.74) is 0. The van der Waals surface area contributed by atoms with Crippen LogP contribution >= 0.6 is 0 Å². The van der Waals surface area contributed by atoms with Crippen LogP contribution in [0.3, 0.4) is 0 Å². The van der Waals surface area contributed by atoms with E-state index < -0.39 is 0 Å². The van der Waals surface area contributed by atoms with E-state index in [9.17, 15) is 0 Å². The normalized spacial score (nSPS) is 29.8. The molecule has 0 aromatic heterocycles. The van der Waals surface area contributed by atoms with E-state index in [2.05, 4.69) is 4.90 Å². The fraction of sp³-hybridized carbons (Fsp3) is 1.00. The Bertz CT molecular complexity index is 159. The summed E-state index contributed by atoms with van der Waals surface area (Å²) < 4.78 is 5.34. The average molecular weight is 185 g/mol. The minimum atomic E-state index is 0.152. The summed E-state index contributed by atoms with van der Waals surface area (Å²) in [7, 11) is 0. The standard InChI is InChI=1S/C10H19NO2/c12-5-6-13-8-9-3-4-11(7-9)10-1-2-10/h9-10,12H,1-8H2. The van der Waals surface area contributed by atoms with Gasteiger partial charge in [0.1, 0.15) is 0 Å². The second kappa shape index (κ2) is 4.40. The summed E-state index contributed by atoms with van der Waals surface area (Å²) in [6.07, 6.45) is 4.09. The van der Waals surface area contributed by atoms with Gasteiger partial charge in [0.15, 0.2) is 0 Å². The molecule has 1 aliphatic carbocycles. The van der Waals surface area contributed by atoms with Crippen LogP contribution in [0.4, 0.5) is 0 Å². The van der Waals surface area contributed by atoms with Gasteiger partial charge in [0, 0.05) is 12.6 Å². The summed E-state index contributed by atoms with van der Waals surface area (Å²) in [4.78, 5) is 2.59. The molecule has 3 nitrogen and oxygen atoms in total. The Hall–Kier alpha value is -0.120. The first-order valence-corrected chi connectivity index (χ1v) is 5.33. The van der Waals surface area contributed by atoms with Gasteiger partial charge in [0.05, 0.1) is 19.8 Å². The SMILES string of the molecule is OCCOCC1CCN(C2CC2)C1. The zero-order chi connectivity index (χ0) is 9.10. The Morgan fingerprint density at radius 2 is 2.15 bits per heavy atom. The van der Waals surface area contributed by atoms with Crippen molar-refractivity contribution in [1.29, 1.82) is 0 Å². The predicted octanol–water partition coefficient (Wildman–Crippen LogP) is 0.480. The monoisotopic (exact) mass is 185 g/mol. The number of aliphatic hydroxyl groups excluding tert-OH is 1. The lowest BCUT2D eigenvalue weighted by atomic mass is 10.1. The molecule has 0 bridgehead atoms. The molecule has 0 amide bonds. The summed E-state index contributed by atoms with van der Waals surface area (Å²) in [6, 6.07) is 0.905. The van der Waals surface area contributed by atoms with Crippen molar-refractivity contribution in [2.24, 2.45) is 5.92 Å². The predicted molar refractivity (Wildman–Crippen MR) is 50.6 cm³/mol. The quantitative estimate of drug-likeness (QED) is 0.632. The van der Waals surface area contributed by atoms with Gasteiger partial charge < -0.3 is 14.7 Å². The molecule has 0 radical (unpaired) electrons. The molecular formula is C10H19NO2. The van der Waals surface area contributed by atoms with Gasteiger partial charge in [0.25, 0.3) is 0 Å². The van der Waals surface area contributed by atoms with E-state index >= 15 is 0 Å². The van der Waals surface area contributed by atoms with Crippen molar-refractivity contribution in [3.63, 3.8) is 0 Å². The maximum Gasteiger partial charge on any atom is 0.0697 e. The minimum Gasteiger partial charge on any atom is -0.394 e. The molecule has 1 atom stereocenters. The van der Waals surface area contributed by atoms with Crippen LogP contribution in [0, 0.1) is 5.92 Å². The summed E-state index contributed by atoms with van der Waals surface area (Å²) in [5, 5.41) is 8.55. The van der Waals surface area contributed by atoms with Crippen molar-refractivity contribution in [1.82, 2.24) is 4.90 Å². The lowest BCUT2D eigenvalue weighted by molar-refractivity contribution is 0.0690. The fourth-order valence-electron chi connectivity index (χ4n) is 2.08. The van der Waals surface area contributed by atoms with Gasteiger partial charge in [-0.15, -0.1) is 0 Å². The van der Waals surface area contributed by atoms with Crippen molar-refractivity contribution >= 4 is 0 Å². The molecule has 1 heterocycles. The average Bonchev–Trinajstić information content (AvgIpc) is 2.88. The third-order valence-electron chi connectivity index (χ3n) is 2.97. The third kappa shape index (κ3) is 2.66. The highest BCUT2D eigenvalue weighted by Gasteiger charge is 2.34. The number of nitrogens with zero attached hydrogens (tertiary/aromatic N) is 1. The van der Waals surface area contributed by atoms with Crippen LogP contribution in [0.15, 0.2) is 0 Å². The van der Waals surface area contributed by atoms with Crippen molar-refractivity contribution in [2.45, 2.75) is 25.3 Å². The van der Waals surface area contributed by atoms with E-state index in [-0.39, 0.29) is 6.61 Å². The van der Waals surface area contributed by atoms with Crippen LogP contribution in [-0.2, 0) is 4.74 Å². The first-order valence-electron chi connectivity index (χ1n) is 5.33. The highest BCUT2D eigenvalue weighted by Crippen LogP contribution is 2.31. The number of rotatable bonds is 5. The molecular weight excluding hydrogens is 166 g/mol. The van der Waals surface area contributed by atoms with Gasteiger partial charge in [-0.05, 0) is 31.7 Å². The minimum absolute atomic E-state index is 0.152. The molecule has 1 N–H and O–H groups in total. The Labute approximate surface area is 79.7 Å². The Morgan fingerprint density at radius 1 is 1.31 bits per heavy atom. The zero-order valence-electron chi connectivity index (χ0n) is 8.11. The van der Waals surface area contributed by atoms with E-state index in [4.69, 9.17) is 9.84 Å². The van der Waals surface area contributed by atoms with Gasteiger partial charge in [-0.2, -0.15) is 0 Å². The first kappa shape index (κ1) is 9.44. The van der Waals surface area contributed by atoms with Gasteiger partial charge in [-0.1, -0.05) is 0 Å². The molecule has 1 saturated carbocycles. The van der Waals surface area contributed by atoms with Crippen molar-refractivity contribution in [3.05, 3.63) is 0 Å². The molecule has 0 aromatic carbocycles. The second-order valence-electron chi connectivity index (χ2n) is 4.18. The number of hydrogen-bond acceptors (Lipinski definition) is 3. The van der Waals surface area contributed by atoms with Gasteiger partial charge in [-0.25, -0.2) is 0 Å². The molecule has 1 aliphatic heterocycles. The highest BCUT2D eigenvalue weighted by molar-refractivity contribution is 4.89. The van der Waals surface area contributed by atoms with E-state index in [0.29, 0.717) is 12.5 Å². The first-order chi connectivity index (χ1) is 6.40. The van der Waals surface area contributed by atoms with Crippen molar-refractivity contribution in [3.8, 4) is 0 Å². The summed E-state index contributed by atoms with van der Waals surface area (Å²) in [5.74, 6) is 0.715. The molecule has 0 aromatic rings. The lowest BCUT2D eigenvalue weighted by Crippen LogP contribution is -2.24. The van der Waals surface area contributed by atoms with Crippen LogP contribution in [0.5, 0.6) is 0 Å². The van der Waals surface area contributed by atoms with Crippen LogP contribution in [0.25, 0.3) is 0 Å². The van der Waals surface area contributed by atoms with Crippen LogP contribution in [-0.4, -0.2) is 49.0 Å². The Morgan fingerprint density at radius 3 is 2.85 bits per heavy atom. The van der Waals surface area contributed by atoms with Gasteiger partial charge >= 0.3 is 0 Å².